The molecule has 28 valence electrons. The minimum absolute atomic E-state index is 0.278. The van der Waals surface area contributed by atoms with Crippen molar-refractivity contribution in [2.24, 2.45) is 0 Å². The highest BCUT2D eigenvalue weighted by atomic mass is 16.5. The molecule has 0 N–H and O–H groups in total. The van der Waals surface area contributed by atoms with Crippen LogP contribution in [0.1, 0.15) is 0 Å². The molecule has 0 aromatic rings. The van der Waals surface area contributed by atoms with E-state index < -0.39 is 5.97 Å². The van der Waals surface area contributed by atoms with E-state index in [1.54, 1.807) is 0 Å². The molecule has 0 fully saturated rings. The topological polar surface area (TPSA) is 57.2 Å². The van der Waals surface area contributed by atoms with Crippen LogP contribution in [0.4, 0.5) is 0 Å². The smallest absolute Gasteiger partial charge is 0.165 e. The number of hydrogen-bond donors (Lipinski definition) is 0. The number of aliphatic carboxylic acids is 1. The maximum absolute atomic E-state index is 8.89. The van der Waals surface area contributed by atoms with Gasteiger partial charge in [-0.05, 0) is 0 Å². The molecule has 0 saturated heterocycles. The zero-order valence-corrected chi connectivity index (χ0v) is 2.30. The van der Waals surface area contributed by atoms with Crippen molar-refractivity contribution in [1.29, 1.82) is 0 Å². The molecule has 0 atom stereocenters. The Labute approximate surface area is 28.2 Å². The highest BCUT2D eigenvalue weighted by Crippen LogP contribution is 1.28. The minimum Gasteiger partial charge on any atom is -0.542 e. The first-order chi connectivity index (χ1) is 2.27. The van der Waals surface area contributed by atoms with Gasteiger partial charge in [-0.15, -0.1) is 0 Å². The molecule has 5 heavy (non-hydrogen) atoms. The van der Waals surface area contributed by atoms with Crippen molar-refractivity contribution < 1.29 is 14.7 Å². The number of hydrogen-bond acceptors (Lipinski definition) is 3. The molecular formula is C2HO3-. The number of aldehydes is 1. The molecule has 0 spiro atoms. The lowest BCUT2D eigenvalue weighted by Crippen LogP contribution is -2.22. The first kappa shape index (κ1) is 4.14. The molecule has 0 bridgehead atoms. The first-order valence-corrected chi connectivity index (χ1v) is 0.933. The normalized spacial score (nSPS) is 6.40. The number of carbonyl (C=O) groups excluding carboxylic acids is 2. The molecule has 0 amide bonds. The molecule has 0 unspecified atom stereocenters. The second-order valence-electron chi connectivity index (χ2n) is 0.437. The number of carboxylic acid groups (broad SMARTS) is 1. The van der Waals surface area contributed by atoms with Crippen LogP contribution < -0.4 is 5.11 Å². The van der Waals surface area contributed by atoms with Crippen molar-refractivity contribution >= 4 is 12.3 Å². The van der Waals surface area contributed by atoms with Crippen molar-refractivity contribution in [2.75, 3.05) is 0 Å². The Hall–Kier alpha value is -0.860. The summed E-state index contributed by atoms with van der Waals surface area (Å²) >= 11 is 0. The van der Waals surface area contributed by atoms with E-state index in [9.17, 15) is 0 Å². The highest BCUT2D eigenvalue weighted by molar-refractivity contribution is 6.17. The van der Waals surface area contributed by atoms with Gasteiger partial charge in [-0.2, -0.15) is 0 Å². The fraction of sp³-hybridized carbons (Fsp3) is 0. The Kier molecular flexibility index (Phi) is 1.21. The maximum Gasteiger partial charge on any atom is 0.165 e. The highest BCUT2D eigenvalue weighted by Gasteiger charge is 1.63. The van der Waals surface area contributed by atoms with Gasteiger partial charge in [0.25, 0.3) is 0 Å². The lowest BCUT2D eigenvalue weighted by molar-refractivity contribution is -0.298. The quantitative estimate of drug-likeness (QED) is 0.204. The third-order valence-electron chi connectivity index (χ3n) is 0.0962. The van der Waals surface area contributed by atoms with Gasteiger partial charge in [0.15, 0.2) is 6.29 Å². The molecule has 0 radical (unpaired) electrons. The van der Waals surface area contributed by atoms with Gasteiger partial charge in [-0.1, -0.05) is 0 Å². The monoisotopic (exact) mass is 75.0 g/mol. The number of carboxylic acids is 1. The van der Waals surface area contributed by atoms with Gasteiger partial charge in [0, 0.05) is 0 Å². The fourth-order valence-electron chi connectivity index (χ4n) is 0. The van der Waals surface area contributed by atoms with Crippen molar-refractivity contribution in [2.45, 2.75) is 0 Å². The average Bonchev–Trinajstić information content (AvgIpc) is 1.38. The summed E-state index contributed by atoms with van der Waals surface area (Å²) in [5.74, 6) is -1.68. The lowest BCUT2D eigenvalue weighted by Gasteiger charge is -1.76. The Morgan fingerprint density at radius 2 is 2.00 bits per heavy atom. The second-order valence-corrected chi connectivity index (χ2v) is 0.437. The molecule has 0 aromatic heterocycles. The average molecular weight is 75.0 g/mol. The summed E-state index contributed by atoms with van der Waals surface area (Å²) in [4.78, 5) is 17.7. The van der Waals surface area contributed by atoms with Gasteiger partial charge < -0.3 is 9.90 Å². The van der Waals surface area contributed by atoms with Gasteiger partial charge in [-0.3, -0.25) is 4.79 Å². The Morgan fingerprint density at radius 1 is 1.80 bits per heavy atom. The molecule has 0 saturated carbocycles. The first-order valence-electron chi connectivity index (χ1n) is 0.933. The molecule has 0 aliphatic carbocycles. The third-order valence-corrected chi connectivity index (χ3v) is 0.0962. The number of rotatable bonds is 1. The van der Waals surface area contributed by atoms with Crippen molar-refractivity contribution in [3.63, 3.8) is 0 Å². The van der Waals surface area contributed by atoms with Gasteiger partial charge >= 0.3 is 0 Å². The van der Waals surface area contributed by atoms with Gasteiger partial charge in [0.05, 0.1) is 0 Å². The van der Waals surface area contributed by atoms with E-state index in [1.165, 1.54) is 0 Å². The second kappa shape index (κ2) is 1.46. The molecular weight excluding hydrogens is 74.0 g/mol. The summed E-state index contributed by atoms with van der Waals surface area (Å²) in [6.45, 7) is 0. The van der Waals surface area contributed by atoms with Crippen LogP contribution in [0.5, 0.6) is 0 Å². The zero-order chi connectivity index (χ0) is 4.28. The van der Waals surface area contributed by atoms with Crippen LogP contribution in [0.25, 0.3) is 0 Å². The summed E-state index contributed by atoms with van der Waals surface area (Å²) in [5, 5.41) is 8.89. The number of carbonyl (C=O) groups is 2. The van der Waals surface area contributed by atoms with Crippen LogP contribution in [0.2, 0.25) is 0 Å². The van der Waals surface area contributed by atoms with E-state index in [4.69, 9.17) is 14.7 Å². The Morgan fingerprint density at radius 3 is 2.00 bits per heavy atom. The van der Waals surface area contributed by atoms with E-state index >= 15 is 0 Å². The van der Waals surface area contributed by atoms with Gasteiger partial charge in [0.2, 0.25) is 0 Å². The molecule has 0 aliphatic rings. The van der Waals surface area contributed by atoms with Crippen LogP contribution in [0.15, 0.2) is 0 Å². The molecule has 0 heterocycles. The summed E-state index contributed by atoms with van der Waals surface area (Å²) < 4.78 is 0. The summed E-state index contributed by atoms with van der Waals surface area (Å²) in [7, 11) is 0. The van der Waals surface area contributed by atoms with Crippen LogP contribution in [-0.4, -0.2) is 12.3 Å². The van der Waals surface area contributed by atoms with E-state index in [2.05, 4.69) is 0 Å². The van der Waals surface area contributed by atoms with Crippen LogP contribution in [-0.2, 0) is 9.59 Å². The predicted octanol–water partition coefficient (Wildman–Crippen LogP) is -2.06. The molecule has 3 heteroatoms. The SMILES string of the molecule is O=[13CH][13C](=O)[O-]. The van der Waals surface area contributed by atoms with E-state index in [1.807, 2.05) is 0 Å². The summed E-state index contributed by atoms with van der Waals surface area (Å²) in [5.41, 5.74) is 0. The minimum atomic E-state index is -1.68. The van der Waals surface area contributed by atoms with Gasteiger partial charge in [0.1, 0.15) is 5.97 Å². The summed E-state index contributed by atoms with van der Waals surface area (Å²) in [6, 6.07) is 0. The lowest BCUT2D eigenvalue weighted by atomic mass is 11.8. The fourth-order valence-corrected chi connectivity index (χ4v) is 0. The van der Waals surface area contributed by atoms with Crippen LogP contribution in [0.3, 0.4) is 0 Å². The van der Waals surface area contributed by atoms with Crippen molar-refractivity contribution in [3.05, 3.63) is 0 Å². The Bertz CT molecular complexity index is 55.9. The van der Waals surface area contributed by atoms with Crippen molar-refractivity contribution in [1.82, 2.24) is 0 Å². The van der Waals surface area contributed by atoms with E-state index in [0.29, 0.717) is 0 Å². The molecule has 0 aliphatic heterocycles. The van der Waals surface area contributed by atoms with Gasteiger partial charge in [-0.25, -0.2) is 0 Å². The largest absolute Gasteiger partial charge is 0.542 e. The van der Waals surface area contributed by atoms with E-state index in [0.717, 1.165) is 0 Å². The van der Waals surface area contributed by atoms with Crippen molar-refractivity contribution in [3.8, 4) is 0 Å². The summed E-state index contributed by atoms with van der Waals surface area (Å²) in [6.07, 6.45) is -0.278. The van der Waals surface area contributed by atoms with E-state index in [-0.39, 0.29) is 6.29 Å². The molecule has 0 rings (SSSR count). The predicted molar refractivity (Wildman–Crippen MR) is 11.1 cm³/mol. The van der Waals surface area contributed by atoms with Crippen LogP contribution >= 0.6 is 0 Å². The van der Waals surface area contributed by atoms with Crippen LogP contribution in [0, 0.1) is 0 Å². The Balaban J connectivity index is 3.20. The molecule has 0 aromatic carbocycles. The zero-order valence-electron chi connectivity index (χ0n) is 2.30. The molecule has 3 nitrogen and oxygen atoms in total. The standard InChI is InChI=1S/C2H2O3/c3-1-2(4)5/h1H,(H,4,5)/p-1/i1+1,2+1. The third kappa shape index (κ3) is 3.14. The maximum atomic E-state index is 8.89.